The van der Waals surface area contributed by atoms with Crippen molar-refractivity contribution in [2.45, 2.75) is 24.9 Å². The smallest absolute Gasteiger partial charge is 0.415 e. The molecule has 2 unspecified atom stereocenters. The van der Waals surface area contributed by atoms with Crippen LogP contribution in [0.5, 0.6) is 0 Å². The van der Waals surface area contributed by atoms with Crippen LogP contribution < -0.4 is 0 Å². The Labute approximate surface area is 84.9 Å². The van der Waals surface area contributed by atoms with Gasteiger partial charge < -0.3 is 15.1 Å². The molecule has 7 nitrogen and oxygen atoms in total. The largest absolute Gasteiger partial charge is 0.480 e. The van der Waals surface area contributed by atoms with Gasteiger partial charge in [0, 0.05) is 6.54 Å². The van der Waals surface area contributed by atoms with E-state index in [4.69, 9.17) is 10.2 Å². The molecule has 0 saturated carbocycles. The minimum Gasteiger partial charge on any atom is -0.480 e. The number of amides is 3. The van der Waals surface area contributed by atoms with Crippen LogP contribution in [0.3, 0.4) is 0 Å². The van der Waals surface area contributed by atoms with Crippen LogP contribution in [0.2, 0.25) is 0 Å². The molecule has 0 aliphatic carbocycles. The number of hydrogen-bond acceptors (Lipinski definition) is 3. The van der Waals surface area contributed by atoms with E-state index in [1.165, 1.54) is 0 Å². The zero-order chi connectivity index (χ0) is 11.2. The first-order valence-corrected chi connectivity index (χ1v) is 4.58. The van der Waals surface area contributed by atoms with Crippen molar-refractivity contribution in [1.82, 2.24) is 9.80 Å². The molecule has 3 amide bonds. The predicted octanol–water partition coefficient (Wildman–Crippen LogP) is 0.0176. The third-order valence-electron chi connectivity index (χ3n) is 2.87. The summed E-state index contributed by atoms with van der Waals surface area (Å²) in [6.07, 6.45) is -0.570. The maximum absolute atomic E-state index is 11.6. The van der Waals surface area contributed by atoms with Crippen molar-refractivity contribution < 1.29 is 24.6 Å². The van der Waals surface area contributed by atoms with Gasteiger partial charge in [-0.05, 0) is 12.8 Å². The molecular weight excluding hydrogens is 204 g/mol. The normalized spacial score (nSPS) is 29.5. The summed E-state index contributed by atoms with van der Waals surface area (Å²) in [6, 6.07) is -1.97. The molecule has 2 aliphatic rings. The van der Waals surface area contributed by atoms with Gasteiger partial charge in [-0.1, -0.05) is 0 Å². The van der Waals surface area contributed by atoms with Crippen LogP contribution in [0.1, 0.15) is 12.8 Å². The lowest BCUT2D eigenvalue weighted by Gasteiger charge is -2.26. The highest BCUT2D eigenvalue weighted by Crippen LogP contribution is 2.29. The summed E-state index contributed by atoms with van der Waals surface area (Å²) < 4.78 is 0. The van der Waals surface area contributed by atoms with Crippen molar-refractivity contribution in [3.63, 3.8) is 0 Å². The van der Waals surface area contributed by atoms with Gasteiger partial charge in [-0.3, -0.25) is 0 Å². The van der Waals surface area contributed by atoms with Gasteiger partial charge in [0.25, 0.3) is 0 Å². The van der Waals surface area contributed by atoms with Gasteiger partial charge in [0.2, 0.25) is 0 Å². The van der Waals surface area contributed by atoms with E-state index in [1.807, 2.05) is 0 Å². The van der Waals surface area contributed by atoms with Gasteiger partial charge in [-0.2, -0.15) is 0 Å². The average molecular weight is 214 g/mol. The second-order valence-electron chi connectivity index (χ2n) is 3.67. The van der Waals surface area contributed by atoms with E-state index in [-0.39, 0.29) is 12.6 Å². The molecule has 0 aromatic heterocycles. The van der Waals surface area contributed by atoms with Crippen molar-refractivity contribution in [2.75, 3.05) is 6.54 Å². The Morgan fingerprint density at radius 1 is 1.27 bits per heavy atom. The first kappa shape index (κ1) is 9.75. The van der Waals surface area contributed by atoms with Gasteiger partial charge >= 0.3 is 18.1 Å². The number of carboxylic acid groups (broad SMARTS) is 2. The molecule has 2 N–H and O–H groups in total. The minimum absolute atomic E-state index is 0.197. The number of fused-ring (bicyclic) bond motifs is 2. The van der Waals surface area contributed by atoms with E-state index in [0.29, 0.717) is 12.8 Å². The number of piperidine rings is 1. The zero-order valence-electron chi connectivity index (χ0n) is 7.79. The molecule has 0 aromatic carbocycles. The average Bonchev–Trinajstić information content (AvgIpc) is 2.39. The number of nitrogens with zero attached hydrogens (tertiary/aromatic N) is 2. The summed E-state index contributed by atoms with van der Waals surface area (Å²) in [6.45, 7) is 0.197. The lowest BCUT2D eigenvalue weighted by molar-refractivity contribution is -0.142. The van der Waals surface area contributed by atoms with Gasteiger partial charge in [0.15, 0.2) is 0 Å². The molecule has 7 heteroatoms. The van der Waals surface area contributed by atoms with Crippen molar-refractivity contribution in [1.29, 1.82) is 0 Å². The van der Waals surface area contributed by atoms with Crippen LogP contribution in [0.25, 0.3) is 0 Å². The van der Waals surface area contributed by atoms with Gasteiger partial charge in [-0.25, -0.2) is 19.3 Å². The molecular formula is C8H10N2O5. The zero-order valence-corrected chi connectivity index (χ0v) is 7.79. The Morgan fingerprint density at radius 2 is 1.93 bits per heavy atom. The first-order chi connectivity index (χ1) is 7.02. The van der Waals surface area contributed by atoms with Gasteiger partial charge in [-0.15, -0.1) is 0 Å². The number of carbonyl (C=O) groups is 3. The highest BCUT2D eigenvalue weighted by molar-refractivity contribution is 5.95. The Bertz CT molecular complexity index is 342. The molecule has 0 aromatic rings. The minimum atomic E-state index is -1.31. The number of carboxylic acids is 1. The van der Waals surface area contributed by atoms with Crippen molar-refractivity contribution >= 4 is 18.1 Å². The summed E-state index contributed by atoms with van der Waals surface area (Å²) in [5.74, 6) is -1.07. The van der Waals surface area contributed by atoms with Crippen molar-refractivity contribution in [3.8, 4) is 0 Å². The van der Waals surface area contributed by atoms with Crippen molar-refractivity contribution in [2.24, 2.45) is 0 Å². The molecule has 0 radical (unpaired) electrons. The van der Waals surface area contributed by atoms with E-state index in [2.05, 4.69) is 0 Å². The number of rotatable bonds is 1. The molecule has 2 aliphatic heterocycles. The summed E-state index contributed by atoms with van der Waals surface area (Å²) in [4.78, 5) is 35.0. The number of imide groups is 1. The van der Waals surface area contributed by atoms with E-state index in [1.54, 1.807) is 0 Å². The Hall–Kier alpha value is -1.79. The number of carbonyl (C=O) groups excluding carboxylic acids is 1. The first-order valence-electron chi connectivity index (χ1n) is 4.58. The number of hydrogen-bond donors (Lipinski definition) is 2. The molecule has 82 valence electrons. The van der Waals surface area contributed by atoms with E-state index in [0.717, 1.165) is 9.80 Å². The van der Waals surface area contributed by atoms with Crippen LogP contribution in [-0.4, -0.2) is 56.7 Å². The Kier molecular flexibility index (Phi) is 2.02. The second-order valence-corrected chi connectivity index (χ2v) is 3.67. The summed E-state index contributed by atoms with van der Waals surface area (Å²) in [7, 11) is 0. The Balaban J connectivity index is 2.25. The fourth-order valence-electron chi connectivity index (χ4n) is 2.16. The van der Waals surface area contributed by atoms with Crippen LogP contribution in [0.4, 0.5) is 9.59 Å². The number of urea groups is 1. The molecule has 2 fully saturated rings. The summed E-state index contributed by atoms with van der Waals surface area (Å²) >= 11 is 0. The van der Waals surface area contributed by atoms with E-state index < -0.39 is 24.1 Å². The third kappa shape index (κ3) is 1.31. The van der Waals surface area contributed by atoms with Crippen molar-refractivity contribution in [3.05, 3.63) is 0 Å². The summed E-state index contributed by atoms with van der Waals surface area (Å²) in [5.41, 5.74) is 0. The van der Waals surface area contributed by atoms with Gasteiger partial charge in [0.05, 0.1) is 6.04 Å². The lowest BCUT2D eigenvalue weighted by atomic mass is 10.0. The highest BCUT2D eigenvalue weighted by Gasteiger charge is 2.49. The van der Waals surface area contributed by atoms with E-state index in [9.17, 15) is 14.4 Å². The maximum atomic E-state index is 11.6. The highest BCUT2D eigenvalue weighted by atomic mass is 16.4. The topological polar surface area (TPSA) is 98.2 Å². The lowest BCUT2D eigenvalue weighted by Crippen LogP contribution is -2.45. The molecule has 2 saturated heterocycles. The fourth-order valence-corrected chi connectivity index (χ4v) is 2.16. The molecule has 15 heavy (non-hydrogen) atoms. The molecule has 0 spiro atoms. The van der Waals surface area contributed by atoms with Crippen LogP contribution in [0.15, 0.2) is 0 Å². The standard InChI is InChI=1S/C8H10N2O5/c11-6(12)5-2-1-4-3-9(5)7(13)10(4)8(14)15/h4-5H,1-3H2,(H,11,12)(H,14,15). The SMILES string of the molecule is O=C(O)C1CCC2CN1C(=O)N2C(=O)O. The van der Waals surface area contributed by atoms with Crippen LogP contribution >= 0.6 is 0 Å². The summed E-state index contributed by atoms with van der Waals surface area (Å²) in [5, 5.41) is 17.6. The number of aliphatic carboxylic acids is 1. The third-order valence-corrected chi connectivity index (χ3v) is 2.87. The van der Waals surface area contributed by atoms with E-state index >= 15 is 0 Å². The molecule has 2 bridgehead atoms. The quantitative estimate of drug-likeness (QED) is 0.641. The van der Waals surface area contributed by atoms with Gasteiger partial charge in [0.1, 0.15) is 6.04 Å². The maximum Gasteiger partial charge on any atom is 0.415 e. The second kappa shape index (κ2) is 3.11. The monoisotopic (exact) mass is 214 g/mol. The molecule has 2 rings (SSSR count). The molecule has 2 atom stereocenters. The molecule has 2 heterocycles. The Morgan fingerprint density at radius 3 is 2.47 bits per heavy atom. The fraction of sp³-hybridized carbons (Fsp3) is 0.625. The van der Waals surface area contributed by atoms with Crippen LogP contribution in [0, 0.1) is 0 Å². The predicted molar refractivity (Wildman–Crippen MR) is 46.4 cm³/mol. The van der Waals surface area contributed by atoms with Crippen LogP contribution in [-0.2, 0) is 4.79 Å².